The summed E-state index contributed by atoms with van der Waals surface area (Å²) in [7, 11) is 0. The number of aryl methyl sites for hydroxylation is 1. The molecule has 0 bridgehead atoms. The Morgan fingerprint density at radius 1 is 1.56 bits per heavy atom. The minimum Gasteiger partial charge on any atom is -0.325 e. The lowest BCUT2D eigenvalue weighted by molar-refractivity contribution is -0.117. The van der Waals surface area contributed by atoms with Crippen LogP contribution in [-0.4, -0.2) is 18.5 Å². The number of hydrogen-bond donors (Lipinski definition) is 2. The molecule has 16 heavy (non-hydrogen) atoms. The Morgan fingerprint density at radius 2 is 2.38 bits per heavy atom. The van der Waals surface area contributed by atoms with Gasteiger partial charge in [0, 0.05) is 9.26 Å². The number of nitrogens with one attached hydrogen (secondary N) is 2. The van der Waals surface area contributed by atoms with E-state index in [4.69, 9.17) is 0 Å². The molecule has 0 radical (unpaired) electrons. The summed E-state index contributed by atoms with van der Waals surface area (Å²) < 4.78 is 1.18. The molecule has 1 aromatic carbocycles. The molecule has 0 aromatic heterocycles. The molecular formula is C12H15IN2O. The summed E-state index contributed by atoms with van der Waals surface area (Å²) in [6.45, 7) is 3.01. The van der Waals surface area contributed by atoms with Gasteiger partial charge in [-0.25, -0.2) is 0 Å². The van der Waals surface area contributed by atoms with Crippen LogP contribution >= 0.6 is 22.6 Å². The van der Waals surface area contributed by atoms with Gasteiger partial charge >= 0.3 is 0 Å². The highest BCUT2D eigenvalue weighted by Gasteiger charge is 2.21. The molecule has 1 aromatic rings. The number of benzene rings is 1. The molecule has 86 valence electrons. The highest BCUT2D eigenvalue weighted by atomic mass is 127. The van der Waals surface area contributed by atoms with E-state index in [1.807, 2.05) is 18.2 Å². The summed E-state index contributed by atoms with van der Waals surface area (Å²) in [5.74, 6) is 0.0807. The van der Waals surface area contributed by atoms with Crippen molar-refractivity contribution in [2.75, 3.05) is 11.9 Å². The molecule has 1 heterocycles. The van der Waals surface area contributed by atoms with Gasteiger partial charge in [0.15, 0.2) is 0 Å². The van der Waals surface area contributed by atoms with Crippen molar-refractivity contribution in [3.63, 3.8) is 0 Å². The third-order valence-corrected chi connectivity index (χ3v) is 3.98. The maximum Gasteiger partial charge on any atom is 0.241 e. The zero-order valence-electron chi connectivity index (χ0n) is 9.22. The van der Waals surface area contributed by atoms with Crippen molar-refractivity contribution in [2.45, 2.75) is 25.8 Å². The van der Waals surface area contributed by atoms with Crippen molar-refractivity contribution >= 4 is 34.2 Å². The number of rotatable bonds is 2. The Morgan fingerprint density at radius 3 is 3.00 bits per heavy atom. The van der Waals surface area contributed by atoms with E-state index in [0.717, 1.165) is 25.1 Å². The van der Waals surface area contributed by atoms with Gasteiger partial charge in [0.2, 0.25) is 5.91 Å². The average molecular weight is 330 g/mol. The molecule has 1 aliphatic heterocycles. The summed E-state index contributed by atoms with van der Waals surface area (Å²) in [6.07, 6.45) is 2.03. The van der Waals surface area contributed by atoms with E-state index in [1.165, 1.54) is 9.13 Å². The Kier molecular flexibility index (Phi) is 3.81. The van der Waals surface area contributed by atoms with E-state index >= 15 is 0 Å². The van der Waals surface area contributed by atoms with E-state index in [-0.39, 0.29) is 11.9 Å². The standard InChI is InChI=1S/C12H15IN2O/c1-8-4-5-9(7-10(8)13)15-12(16)11-3-2-6-14-11/h4-5,7,11,14H,2-3,6H2,1H3,(H,15,16)/t11-/m0/s1. The Hall–Kier alpha value is -0.620. The van der Waals surface area contributed by atoms with Gasteiger partial charge in [0.1, 0.15) is 0 Å². The van der Waals surface area contributed by atoms with Crippen molar-refractivity contribution in [3.8, 4) is 0 Å². The predicted molar refractivity (Wildman–Crippen MR) is 73.6 cm³/mol. The molecule has 3 nitrogen and oxygen atoms in total. The number of carbonyl (C=O) groups is 1. The first-order valence-corrected chi connectivity index (χ1v) is 6.55. The highest BCUT2D eigenvalue weighted by Crippen LogP contribution is 2.18. The Labute approximate surface area is 109 Å². The lowest BCUT2D eigenvalue weighted by Gasteiger charge is -2.11. The molecular weight excluding hydrogens is 315 g/mol. The van der Waals surface area contributed by atoms with Crippen LogP contribution < -0.4 is 10.6 Å². The fourth-order valence-corrected chi connectivity index (χ4v) is 2.32. The SMILES string of the molecule is Cc1ccc(NC(=O)[C@@H]2CCCN2)cc1I. The maximum absolute atomic E-state index is 11.8. The van der Waals surface area contributed by atoms with Crippen LogP contribution in [0.25, 0.3) is 0 Å². The van der Waals surface area contributed by atoms with Gasteiger partial charge in [-0.1, -0.05) is 6.07 Å². The first-order chi connectivity index (χ1) is 7.66. The van der Waals surface area contributed by atoms with Gasteiger partial charge in [0.25, 0.3) is 0 Å². The van der Waals surface area contributed by atoms with Crippen LogP contribution in [0.3, 0.4) is 0 Å². The molecule has 0 aliphatic carbocycles. The van der Waals surface area contributed by atoms with Gasteiger partial charge in [-0.2, -0.15) is 0 Å². The van der Waals surface area contributed by atoms with Crippen molar-refractivity contribution in [1.29, 1.82) is 0 Å². The quantitative estimate of drug-likeness (QED) is 0.817. The molecule has 1 aliphatic rings. The summed E-state index contributed by atoms with van der Waals surface area (Å²) in [5.41, 5.74) is 2.12. The molecule has 2 rings (SSSR count). The van der Waals surface area contributed by atoms with Crippen LogP contribution in [0.2, 0.25) is 0 Å². The third-order valence-electron chi connectivity index (χ3n) is 2.82. The van der Waals surface area contributed by atoms with Gasteiger partial charge < -0.3 is 10.6 Å². The second-order valence-corrected chi connectivity index (χ2v) is 5.26. The Bertz CT molecular complexity index is 400. The summed E-state index contributed by atoms with van der Waals surface area (Å²) in [4.78, 5) is 11.8. The van der Waals surface area contributed by atoms with Crippen LogP contribution in [0.15, 0.2) is 18.2 Å². The smallest absolute Gasteiger partial charge is 0.241 e. The van der Waals surface area contributed by atoms with Crippen LogP contribution in [0.1, 0.15) is 18.4 Å². The summed E-state index contributed by atoms with van der Waals surface area (Å²) >= 11 is 2.28. The van der Waals surface area contributed by atoms with E-state index < -0.39 is 0 Å². The minimum absolute atomic E-state index is 0.0148. The zero-order chi connectivity index (χ0) is 11.5. The molecule has 1 atom stereocenters. The molecule has 0 spiro atoms. The lowest BCUT2D eigenvalue weighted by Crippen LogP contribution is -2.35. The van der Waals surface area contributed by atoms with E-state index in [1.54, 1.807) is 0 Å². The van der Waals surface area contributed by atoms with Crippen molar-refractivity contribution in [3.05, 3.63) is 27.3 Å². The number of hydrogen-bond acceptors (Lipinski definition) is 2. The molecule has 1 fully saturated rings. The second kappa shape index (κ2) is 5.14. The van der Waals surface area contributed by atoms with Crippen molar-refractivity contribution in [2.24, 2.45) is 0 Å². The van der Waals surface area contributed by atoms with Crippen LogP contribution in [0, 0.1) is 10.5 Å². The molecule has 1 amide bonds. The number of anilines is 1. The third kappa shape index (κ3) is 2.74. The predicted octanol–water partition coefficient (Wildman–Crippen LogP) is 2.29. The zero-order valence-corrected chi connectivity index (χ0v) is 11.4. The van der Waals surface area contributed by atoms with Crippen molar-refractivity contribution < 1.29 is 4.79 Å². The van der Waals surface area contributed by atoms with Gasteiger partial charge in [-0.3, -0.25) is 4.79 Å². The molecule has 4 heteroatoms. The van der Waals surface area contributed by atoms with E-state index in [0.29, 0.717) is 0 Å². The first kappa shape index (κ1) is 11.9. The normalized spacial score (nSPS) is 19.8. The fourth-order valence-electron chi connectivity index (χ4n) is 1.81. The minimum atomic E-state index is -0.0148. The number of amides is 1. The van der Waals surface area contributed by atoms with Crippen molar-refractivity contribution in [1.82, 2.24) is 5.32 Å². The van der Waals surface area contributed by atoms with E-state index in [9.17, 15) is 4.79 Å². The van der Waals surface area contributed by atoms with Crippen LogP contribution in [0.4, 0.5) is 5.69 Å². The van der Waals surface area contributed by atoms with Gasteiger partial charge in [-0.05, 0) is 66.6 Å². The number of halogens is 1. The van der Waals surface area contributed by atoms with Gasteiger partial charge in [0.05, 0.1) is 6.04 Å². The molecule has 0 unspecified atom stereocenters. The monoisotopic (exact) mass is 330 g/mol. The number of carbonyl (C=O) groups excluding carboxylic acids is 1. The summed E-state index contributed by atoms with van der Waals surface area (Å²) in [5, 5.41) is 6.13. The lowest BCUT2D eigenvalue weighted by atomic mass is 10.2. The fraction of sp³-hybridized carbons (Fsp3) is 0.417. The Balaban J connectivity index is 2.02. The molecule has 0 saturated carbocycles. The van der Waals surface area contributed by atoms with Gasteiger partial charge in [-0.15, -0.1) is 0 Å². The van der Waals surface area contributed by atoms with Crippen LogP contribution in [0.5, 0.6) is 0 Å². The first-order valence-electron chi connectivity index (χ1n) is 5.47. The topological polar surface area (TPSA) is 41.1 Å². The second-order valence-electron chi connectivity index (χ2n) is 4.10. The molecule has 2 N–H and O–H groups in total. The maximum atomic E-state index is 11.8. The van der Waals surface area contributed by atoms with Crippen LogP contribution in [-0.2, 0) is 4.79 Å². The largest absolute Gasteiger partial charge is 0.325 e. The van der Waals surface area contributed by atoms with E-state index in [2.05, 4.69) is 40.1 Å². The average Bonchev–Trinajstić information content (AvgIpc) is 2.77. The summed E-state index contributed by atoms with van der Waals surface area (Å²) in [6, 6.07) is 5.96. The highest BCUT2D eigenvalue weighted by molar-refractivity contribution is 14.1. The molecule has 1 saturated heterocycles.